The molecule has 0 fully saturated rings. The summed E-state index contributed by atoms with van der Waals surface area (Å²) in [6.07, 6.45) is 0. The van der Waals surface area contributed by atoms with Crippen molar-refractivity contribution in [3.63, 3.8) is 0 Å². The maximum atomic E-state index is 12.8. The monoisotopic (exact) mass is 334 g/mol. The lowest BCUT2D eigenvalue weighted by Gasteiger charge is -2.13. The van der Waals surface area contributed by atoms with E-state index in [0.717, 1.165) is 11.0 Å². The minimum absolute atomic E-state index is 0.0704. The number of hydrogen-bond donors (Lipinski definition) is 0. The van der Waals surface area contributed by atoms with Crippen molar-refractivity contribution in [3.8, 4) is 0 Å². The molecule has 124 valence electrons. The molecule has 1 amide bonds. The first kappa shape index (κ1) is 14.0. The number of hydrogen-bond acceptors (Lipinski definition) is 4. The van der Waals surface area contributed by atoms with Crippen molar-refractivity contribution in [3.05, 3.63) is 59.1 Å². The van der Waals surface area contributed by atoms with Gasteiger partial charge in [-0.1, -0.05) is 24.3 Å². The average Bonchev–Trinajstić information content (AvgIpc) is 3.27. The van der Waals surface area contributed by atoms with Gasteiger partial charge in [0.2, 0.25) is 11.9 Å². The predicted octanol–water partition coefficient (Wildman–Crippen LogP) is 1.99. The van der Waals surface area contributed by atoms with Gasteiger partial charge in [-0.3, -0.25) is 14.3 Å². The summed E-state index contributed by atoms with van der Waals surface area (Å²) in [5.74, 6) is -0.0722. The smallest absolute Gasteiger partial charge is 0.408 e. The Morgan fingerprint density at radius 3 is 2.68 bits per heavy atom. The minimum Gasteiger partial charge on any atom is -0.408 e. The zero-order chi connectivity index (χ0) is 17.0. The quantitative estimate of drug-likeness (QED) is 0.562. The third-order valence-electron chi connectivity index (χ3n) is 4.59. The van der Waals surface area contributed by atoms with E-state index in [2.05, 4.69) is 4.98 Å². The average molecular weight is 334 g/mol. The Balaban J connectivity index is 1.52. The molecule has 0 radical (unpaired) electrons. The molecule has 7 nitrogen and oxygen atoms in total. The molecule has 5 rings (SSSR count). The van der Waals surface area contributed by atoms with Crippen LogP contribution in [-0.2, 0) is 17.9 Å². The summed E-state index contributed by atoms with van der Waals surface area (Å²) in [6, 6.07) is 14.9. The Morgan fingerprint density at radius 1 is 1.04 bits per heavy atom. The number of para-hydroxylation sites is 4. The standard InChI is InChI=1S/C18H14N4O3/c23-16(11-22-14-7-3-4-8-15(14)25-18(22)24)21-10-9-20-13-6-2-1-5-12(13)19-17(20)21/h1-8H,9-11H2. The van der Waals surface area contributed by atoms with Crippen LogP contribution in [0.4, 0.5) is 5.95 Å². The number of oxazole rings is 1. The molecule has 0 saturated heterocycles. The summed E-state index contributed by atoms with van der Waals surface area (Å²) in [6.45, 7) is 1.18. The van der Waals surface area contributed by atoms with E-state index in [1.54, 1.807) is 23.1 Å². The molecule has 0 N–H and O–H groups in total. The number of carbonyl (C=O) groups is 1. The molecule has 2 aromatic carbocycles. The third kappa shape index (κ3) is 2.02. The van der Waals surface area contributed by atoms with Crippen molar-refractivity contribution in [1.29, 1.82) is 0 Å². The Morgan fingerprint density at radius 2 is 1.80 bits per heavy atom. The second-order valence-electron chi connectivity index (χ2n) is 6.02. The van der Waals surface area contributed by atoms with E-state index < -0.39 is 5.76 Å². The molecule has 3 heterocycles. The second kappa shape index (κ2) is 5.07. The number of fused-ring (bicyclic) bond motifs is 4. The maximum Gasteiger partial charge on any atom is 0.420 e. The van der Waals surface area contributed by atoms with Gasteiger partial charge >= 0.3 is 5.76 Å². The fourth-order valence-corrected chi connectivity index (χ4v) is 3.41. The fraction of sp³-hybridized carbons (Fsp3) is 0.167. The molecule has 0 aliphatic carbocycles. The van der Waals surface area contributed by atoms with Gasteiger partial charge in [-0.25, -0.2) is 9.78 Å². The summed E-state index contributed by atoms with van der Waals surface area (Å²) < 4.78 is 8.59. The summed E-state index contributed by atoms with van der Waals surface area (Å²) in [4.78, 5) is 31.1. The predicted molar refractivity (Wildman–Crippen MR) is 92.6 cm³/mol. The molecular weight excluding hydrogens is 320 g/mol. The number of rotatable bonds is 2. The Labute approximate surface area is 141 Å². The topological polar surface area (TPSA) is 73.3 Å². The summed E-state index contributed by atoms with van der Waals surface area (Å²) >= 11 is 0. The van der Waals surface area contributed by atoms with Gasteiger partial charge < -0.3 is 8.98 Å². The molecule has 1 aliphatic heterocycles. The van der Waals surface area contributed by atoms with E-state index in [9.17, 15) is 9.59 Å². The van der Waals surface area contributed by atoms with E-state index in [1.807, 2.05) is 34.9 Å². The van der Waals surface area contributed by atoms with Gasteiger partial charge in [0.15, 0.2) is 5.58 Å². The van der Waals surface area contributed by atoms with E-state index in [1.165, 1.54) is 4.57 Å². The molecule has 0 unspecified atom stereocenters. The zero-order valence-corrected chi connectivity index (χ0v) is 13.3. The molecule has 25 heavy (non-hydrogen) atoms. The van der Waals surface area contributed by atoms with Crippen molar-refractivity contribution < 1.29 is 9.21 Å². The van der Waals surface area contributed by atoms with Crippen LogP contribution in [0.15, 0.2) is 57.7 Å². The largest absolute Gasteiger partial charge is 0.420 e. The van der Waals surface area contributed by atoms with Crippen molar-refractivity contribution >= 4 is 34.0 Å². The van der Waals surface area contributed by atoms with Gasteiger partial charge in [0, 0.05) is 13.1 Å². The summed E-state index contributed by atoms with van der Waals surface area (Å²) in [5, 5.41) is 0. The number of carbonyl (C=O) groups excluding carboxylic acids is 1. The highest BCUT2D eigenvalue weighted by atomic mass is 16.4. The maximum absolute atomic E-state index is 12.8. The zero-order valence-electron chi connectivity index (χ0n) is 13.3. The van der Waals surface area contributed by atoms with Gasteiger partial charge in [-0.15, -0.1) is 0 Å². The van der Waals surface area contributed by atoms with Crippen LogP contribution in [-0.4, -0.2) is 26.6 Å². The van der Waals surface area contributed by atoms with Crippen molar-refractivity contribution in [2.45, 2.75) is 13.1 Å². The van der Waals surface area contributed by atoms with E-state index in [-0.39, 0.29) is 12.5 Å². The highest BCUT2D eigenvalue weighted by Crippen LogP contribution is 2.27. The number of anilines is 1. The van der Waals surface area contributed by atoms with Crippen LogP contribution >= 0.6 is 0 Å². The van der Waals surface area contributed by atoms with Crippen molar-refractivity contribution in [1.82, 2.24) is 14.1 Å². The lowest BCUT2D eigenvalue weighted by molar-refractivity contribution is -0.119. The van der Waals surface area contributed by atoms with Crippen molar-refractivity contribution in [2.24, 2.45) is 0 Å². The molecule has 4 aromatic rings. The molecule has 1 aliphatic rings. The molecule has 0 saturated carbocycles. The first-order valence-corrected chi connectivity index (χ1v) is 8.06. The van der Waals surface area contributed by atoms with Crippen LogP contribution in [0.25, 0.3) is 22.1 Å². The van der Waals surface area contributed by atoms with Crippen LogP contribution in [0.2, 0.25) is 0 Å². The highest BCUT2D eigenvalue weighted by molar-refractivity contribution is 5.95. The number of aromatic nitrogens is 3. The van der Waals surface area contributed by atoms with Crippen LogP contribution in [0, 0.1) is 0 Å². The highest BCUT2D eigenvalue weighted by Gasteiger charge is 2.29. The lowest BCUT2D eigenvalue weighted by Crippen LogP contribution is -2.34. The molecule has 0 bridgehead atoms. The number of amides is 1. The second-order valence-corrected chi connectivity index (χ2v) is 6.02. The van der Waals surface area contributed by atoms with Gasteiger partial charge in [-0.05, 0) is 24.3 Å². The van der Waals surface area contributed by atoms with Crippen LogP contribution < -0.4 is 10.7 Å². The minimum atomic E-state index is -0.526. The van der Waals surface area contributed by atoms with E-state index in [0.29, 0.717) is 30.1 Å². The van der Waals surface area contributed by atoms with E-state index >= 15 is 0 Å². The van der Waals surface area contributed by atoms with E-state index in [4.69, 9.17) is 4.42 Å². The van der Waals surface area contributed by atoms with Crippen LogP contribution in [0.5, 0.6) is 0 Å². The SMILES string of the molecule is O=C(Cn1c(=O)oc2ccccc21)N1CCn2c1nc1ccccc12. The van der Waals surface area contributed by atoms with Gasteiger partial charge in [0.1, 0.15) is 6.54 Å². The van der Waals surface area contributed by atoms with Crippen LogP contribution in [0.1, 0.15) is 0 Å². The normalized spacial score (nSPS) is 13.7. The first-order chi connectivity index (χ1) is 12.2. The molecule has 0 atom stereocenters. The Hall–Kier alpha value is -3.35. The van der Waals surface area contributed by atoms with Gasteiger partial charge in [0.05, 0.1) is 16.6 Å². The molecule has 0 spiro atoms. The van der Waals surface area contributed by atoms with Crippen LogP contribution in [0.3, 0.4) is 0 Å². The Bertz CT molecular complexity index is 1180. The van der Waals surface area contributed by atoms with Crippen molar-refractivity contribution in [2.75, 3.05) is 11.4 Å². The third-order valence-corrected chi connectivity index (χ3v) is 4.59. The fourth-order valence-electron chi connectivity index (χ4n) is 3.41. The molecular formula is C18H14N4O3. The lowest BCUT2D eigenvalue weighted by atomic mass is 10.3. The molecule has 2 aromatic heterocycles. The number of benzene rings is 2. The Kier molecular flexibility index (Phi) is 2.85. The summed E-state index contributed by atoms with van der Waals surface area (Å²) in [7, 11) is 0. The number of imidazole rings is 1. The first-order valence-electron chi connectivity index (χ1n) is 8.06. The van der Waals surface area contributed by atoms with Gasteiger partial charge in [0.25, 0.3) is 0 Å². The summed E-state index contributed by atoms with van der Waals surface area (Å²) in [5.41, 5.74) is 2.97. The molecule has 7 heteroatoms. The van der Waals surface area contributed by atoms with Gasteiger partial charge in [-0.2, -0.15) is 0 Å². The number of nitrogens with zero attached hydrogens (tertiary/aromatic N) is 4.